The lowest BCUT2D eigenvalue weighted by Crippen LogP contribution is -2.30. The van der Waals surface area contributed by atoms with Gasteiger partial charge < -0.3 is 10.0 Å². The van der Waals surface area contributed by atoms with Crippen LogP contribution in [0.5, 0.6) is 0 Å². The summed E-state index contributed by atoms with van der Waals surface area (Å²) >= 11 is 2.78. The van der Waals surface area contributed by atoms with E-state index in [0.717, 1.165) is 9.88 Å². The quantitative estimate of drug-likeness (QED) is 0.642. The lowest BCUT2D eigenvalue weighted by atomic mass is 9.98. The molecule has 1 atom stereocenters. The summed E-state index contributed by atoms with van der Waals surface area (Å²) in [6.45, 7) is 3.87. The van der Waals surface area contributed by atoms with Crippen molar-refractivity contribution in [3.63, 3.8) is 0 Å². The van der Waals surface area contributed by atoms with Crippen LogP contribution in [0, 0.1) is 13.8 Å². The van der Waals surface area contributed by atoms with Crippen molar-refractivity contribution < 1.29 is 14.7 Å². The molecule has 0 radical (unpaired) electrons. The summed E-state index contributed by atoms with van der Waals surface area (Å²) in [6.07, 6.45) is 1.61. The molecule has 1 unspecified atom stereocenters. The molecule has 0 fully saturated rings. The zero-order chi connectivity index (χ0) is 19.8. The Kier molecular flexibility index (Phi) is 4.82. The SMILES string of the molecule is Cc1nc(C)c(C(=O)C2=C(O)C(=O)N(Cc3cccs3)C2c2ccccn2)s1. The molecule has 0 saturated carbocycles. The van der Waals surface area contributed by atoms with Crippen molar-refractivity contribution in [2.75, 3.05) is 0 Å². The van der Waals surface area contributed by atoms with E-state index in [1.807, 2.05) is 24.4 Å². The molecule has 1 N–H and O–H groups in total. The zero-order valence-corrected chi connectivity index (χ0v) is 16.9. The van der Waals surface area contributed by atoms with E-state index in [4.69, 9.17) is 0 Å². The van der Waals surface area contributed by atoms with Gasteiger partial charge in [-0.05, 0) is 37.4 Å². The van der Waals surface area contributed by atoms with Gasteiger partial charge in [-0.1, -0.05) is 12.1 Å². The van der Waals surface area contributed by atoms with Crippen molar-refractivity contribution in [1.29, 1.82) is 0 Å². The highest BCUT2D eigenvalue weighted by Crippen LogP contribution is 2.40. The number of hydrogen-bond donors (Lipinski definition) is 1. The minimum atomic E-state index is -0.745. The molecule has 8 heteroatoms. The maximum Gasteiger partial charge on any atom is 0.290 e. The molecule has 0 aromatic carbocycles. The Morgan fingerprint density at radius 3 is 2.68 bits per heavy atom. The number of thiazole rings is 1. The molecule has 0 bridgehead atoms. The highest BCUT2D eigenvalue weighted by atomic mass is 32.1. The van der Waals surface area contributed by atoms with Gasteiger partial charge >= 0.3 is 0 Å². The van der Waals surface area contributed by atoms with E-state index in [9.17, 15) is 14.7 Å². The Bertz CT molecular complexity index is 1070. The van der Waals surface area contributed by atoms with E-state index in [-0.39, 0.29) is 11.4 Å². The van der Waals surface area contributed by atoms with Gasteiger partial charge in [-0.2, -0.15) is 0 Å². The molecule has 3 aromatic heterocycles. The number of carbonyl (C=O) groups excluding carboxylic acids is 2. The third-order valence-electron chi connectivity index (χ3n) is 4.53. The number of aromatic nitrogens is 2. The highest BCUT2D eigenvalue weighted by Gasteiger charge is 2.45. The predicted octanol–water partition coefficient (Wildman–Crippen LogP) is 3.99. The van der Waals surface area contributed by atoms with Crippen LogP contribution >= 0.6 is 22.7 Å². The summed E-state index contributed by atoms with van der Waals surface area (Å²) in [5.41, 5.74) is 1.20. The molecule has 4 heterocycles. The number of pyridine rings is 1. The minimum Gasteiger partial charge on any atom is -0.503 e. The fourth-order valence-electron chi connectivity index (χ4n) is 3.33. The number of carbonyl (C=O) groups is 2. The standard InChI is InChI=1S/C20H17N3O3S2/c1-11-19(28-12(2)22-11)17(24)15-16(14-7-3-4-8-21-14)23(20(26)18(15)25)10-13-6-5-9-27-13/h3-9,16,25H,10H2,1-2H3. The van der Waals surface area contributed by atoms with Crippen LogP contribution in [-0.4, -0.2) is 31.7 Å². The van der Waals surface area contributed by atoms with Gasteiger partial charge in [-0.15, -0.1) is 22.7 Å². The normalized spacial score (nSPS) is 16.9. The zero-order valence-electron chi connectivity index (χ0n) is 15.2. The van der Waals surface area contributed by atoms with E-state index in [0.29, 0.717) is 22.8 Å². The molecule has 142 valence electrons. The molecule has 1 aliphatic rings. The summed E-state index contributed by atoms with van der Waals surface area (Å²) in [5.74, 6) is -1.45. The summed E-state index contributed by atoms with van der Waals surface area (Å²) in [5, 5.41) is 13.3. The van der Waals surface area contributed by atoms with E-state index in [1.54, 1.807) is 31.3 Å². The van der Waals surface area contributed by atoms with Crippen LogP contribution in [0.1, 0.15) is 37.0 Å². The average Bonchev–Trinajstić information content (AvgIpc) is 3.37. The molecule has 0 saturated heterocycles. The second-order valence-corrected chi connectivity index (χ2v) is 8.64. The van der Waals surface area contributed by atoms with Gasteiger partial charge in [0.25, 0.3) is 5.91 Å². The fraction of sp³-hybridized carbons (Fsp3) is 0.200. The molecule has 1 amide bonds. The first-order valence-corrected chi connectivity index (χ1v) is 10.3. The number of rotatable bonds is 5. The van der Waals surface area contributed by atoms with Crippen molar-refractivity contribution in [1.82, 2.24) is 14.9 Å². The lowest BCUT2D eigenvalue weighted by Gasteiger charge is -2.25. The van der Waals surface area contributed by atoms with Crippen LogP contribution in [-0.2, 0) is 11.3 Å². The molecule has 4 rings (SSSR count). The number of aliphatic hydroxyl groups excluding tert-OH is 1. The second-order valence-electron chi connectivity index (χ2n) is 6.41. The Hall–Kier alpha value is -2.84. The second kappa shape index (κ2) is 7.29. The van der Waals surface area contributed by atoms with Crippen molar-refractivity contribution in [3.8, 4) is 0 Å². The number of thiophene rings is 1. The summed E-state index contributed by atoms with van der Waals surface area (Å²) < 4.78 is 0. The number of aliphatic hydroxyl groups is 1. The first-order chi connectivity index (χ1) is 13.5. The molecular formula is C20H17N3O3S2. The number of Topliss-reactive ketones (excluding diaryl/α,β-unsaturated/α-hetero) is 1. The monoisotopic (exact) mass is 411 g/mol. The number of ketones is 1. The van der Waals surface area contributed by atoms with E-state index in [1.165, 1.54) is 27.6 Å². The van der Waals surface area contributed by atoms with Gasteiger partial charge in [0.05, 0.1) is 33.4 Å². The average molecular weight is 412 g/mol. The molecule has 3 aromatic rings. The number of amides is 1. The summed E-state index contributed by atoms with van der Waals surface area (Å²) in [7, 11) is 0. The largest absolute Gasteiger partial charge is 0.503 e. The summed E-state index contributed by atoms with van der Waals surface area (Å²) in [4.78, 5) is 37.8. The number of nitrogens with zero attached hydrogens (tertiary/aromatic N) is 3. The minimum absolute atomic E-state index is 0.0620. The van der Waals surface area contributed by atoms with E-state index < -0.39 is 17.7 Å². The predicted molar refractivity (Wildman–Crippen MR) is 107 cm³/mol. The Morgan fingerprint density at radius 2 is 2.07 bits per heavy atom. The first kappa shape index (κ1) is 18.5. The molecule has 6 nitrogen and oxygen atoms in total. The van der Waals surface area contributed by atoms with Crippen LogP contribution in [0.2, 0.25) is 0 Å². The smallest absolute Gasteiger partial charge is 0.290 e. The van der Waals surface area contributed by atoms with Gasteiger partial charge in [-0.3, -0.25) is 14.6 Å². The maximum atomic E-state index is 13.3. The molecule has 28 heavy (non-hydrogen) atoms. The van der Waals surface area contributed by atoms with Gasteiger partial charge in [-0.25, -0.2) is 4.98 Å². The maximum absolute atomic E-state index is 13.3. The molecular weight excluding hydrogens is 394 g/mol. The first-order valence-electron chi connectivity index (χ1n) is 8.63. The molecule has 0 spiro atoms. The number of hydrogen-bond acceptors (Lipinski definition) is 7. The van der Waals surface area contributed by atoms with Crippen LogP contribution < -0.4 is 0 Å². The third-order valence-corrected chi connectivity index (χ3v) is 6.47. The highest BCUT2D eigenvalue weighted by molar-refractivity contribution is 7.14. The van der Waals surface area contributed by atoms with Crippen LogP contribution in [0.3, 0.4) is 0 Å². The van der Waals surface area contributed by atoms with Gasteiger partial charge in [0.1, 0.15) is 6.04 Å². The van der Waals surface area contributed by atoms with Gasteiger partial charge in [0.2, 0.25) is 5.78 Å². The van der Waals surface area contributed by atoms with Crippen LogP contribution in [0.4, 0.5) is 0 Å². The van der Waals surface area contributed by atoms with Crippen molar-refractivity contribution in [2.24, 2.45) is 0 Å². The Morgan fingerprint density at radius 1 is 1.25 bits per heavy atom. The Balaban J connectivity index is 1.81. The van der Waals surface area contributed by atoms with Crippen molar-refractivity contribution >= 4 is 34.4 Å². The van der Waals surface area contributed by atoms with Crippen LogP contribution in [0.15, 0.2) is 53.2 Å². The number of aryl methyl sites for hydroxylation is 2. The van der Waals surface area contributed by atoms with Crippen molar-refractivity contribution in [3.05, 3.63) is 79.4 Å². The fourth-order valence-corrected chi connectivity index (χ4v) is 4.91. The summed E-state index contributed by atoms with van der Waals surface area (Å²) in [6, 6.07) is 8.41. The molecule has 1 aliphatic heterocycles. The third kappa shape index (κ3) is 3.14. The van der Waals surface area contributed by atoms with Gasteiger partial charge in [0, 0.05) is 11.1 Å². The van der Waals surface area contributed by atoms with Crippen molar-refractivity contribution in [2.45, 2.75) is 26.4 Å². The van der Waals surface area contributed by atoms with Gasteiger partial charge in [0.15, 0.2) is 5.76 Å². The van der Waals surface area contributed by atoms with E-state index in [2.05, 4.69) is 9.97 Å². The van der Waals surface area contributed by atoms with E-state index >= 15 is 0 Å². The Labute approximate surface area is 169 Å². The lowest BCUT2D eigenvalue weighted by molar-refractivity contribution is -0.130. The topological polar surface area (TPSA) is 83.4 Å². The van der Waals surface area contributed by atoms with Crippen LogP contribution in [0.25, 0.3) is 0 Å². The molecule has 0 aliphatic carbocycles.